The van der Waals surface area contributed by atoms with Crippen LogP contribution >= 0.6 is 0 Å². The highest BCUT2D eigenvalue weighted by Gasteiger charge is 2.31. The molecule has 130 valence electrons. The number of carbonyl (C=O) groups is 2. The minimum absolute atomic E-state index is 0.0542. The summed E-state index contributed by atoms with van der Waals surface area (Å²) in [4.78, 5) is 31.7. The Morgan fingerprint density at radius 2 is 1.32 bits per heavy atom. The number of aromatic nitrogens is 2. The maximum absolute atomic E-state index is 12.9. The monoisotopic (exact) mass is 348 g/mol. The molecular weight excluding hydrogens is 334 g/mol. The van der Waals surface area contributed by atoms with Gasteiger partial charge in [-0.1, -0.05) is 0 Å². The van der Waals surface area contributed by atoms with Gasteiger partial charge in [0.2, 0.25) is 0 Å². The van der Waals surface area contributed by atoms with Crippen LogP contribution in [0.1, 0.15) is 21.0 Å². The first kappa shape index (κ1) is 16.9. The standard InChI is InChI=1S/C16H14F2N4O3/c17-9-1-3-11(19-5-9)15(23)21-13-7-25-8-14(13)22-16(24)12-4-2-10(18)6-20-12/h1-6,13-14H,7-8H2,(H,21,23)(H,22,24)/t13-,14+. The Morgan fingerprint density at radius 1 is 0.880 bits per heavy atom. The van der Waals surface area contributed by atoms with Gasteiger partial charge in [-0.05, 0) is 24.3 Å². The summed E-state index contributed by atoms with van der Waals surface area (Å²) in [6.45, 7) is 0.406. The van der Waals surface area contributed by atoms with Crippen LogP contribution in [0.2, 0.25) is 0 Å². The lowest BCUT2D eigenvalue weighted by Crippen LogP contribution is -2.51. The average molecular weight is 348 g/mol. The highest BCUT2D eigenvalue weighted by Crippen LogP contribution is 2.09. The van der Waals surface area contributed by atoms with Gasteiger partial charge in [0.1, 0.15) is 23.0 Å². The summed E-state index contributed by atoms with van der Waals surface area (Å²) >= 11 is 0. The van der Waals surface area contributed by atoms with E-state index in [0.717, 1.165) is 24.5 Å². The van der Waals surface area contributed by atoms with Crippen LogP contribution in [-0.2, 0) is 4.74 Å². The Balaban J connectivity index is 1.62. The number of hydrogen-bond acceptors (Lipinski definition) is 5. The first-order chi connectivity index (χ1) is 12.0. The van der Waals surface area contributed by atoms with Crippen molar-refractivity contribution in [3.63, 3.8) is 0 Å². The van der Waals surface area contributed by atoms with Crippen molar-refractivity contribution in [1.29, 1.82) is 0 Å². The van der Waals surface area contributed by atoms with E-state index in [4.69, 9.17) is 4.74 Å². The molecule has 0 unspecified atom stereocenters. The van der Waals surface area contributed by atoms with E-state index in [2.05, 4.69) is 20.6 Å². The lowest BCUT2D eigenvalue weighted by atomic mass is 10.1. The quantitative estimate of drug-likeness (QED) is 0.848. The van der Waals surface area contributed by atoms with Crippen LogP contribution < -0.4 is 10.6 Å². The number of pyridine rings is 2. The van der Waals surface area contributed by atoms with Crippen LogP contribution in [0, 0.1) is 11.6 Å². The molecule has 2 amide bonds. The zero-order valence-corrected chi connectivity index (χ0v) is 12.9. The number of amides is 2. The number of halogens is 2. The molecule has 0 aromatic carbocycles. The fourth-order valence-electron chi connectivity index (χ4n) is 2.34. The summed E-state index contributed by atoms with van der Waals surface area (Å²) in [7, 11) is 0. The Hall–Kier alpha value is -2.94. The van der Waals surface area contributed by atoms with Crippen molar-refractivity contribution >= 4 is 11.8 Å². The molecule has 9 heteroatoms. The maximum atomic E-state index is 12.9. The molecule has 25 heavy (non-hydrogen) atoms. The maximum Gasteiger partial charge on any atom is 0.270 e. The van der Waals surface area contributed by atoms with Gasteiger partial charge in [0.15, 0.2) is 0 Å². The van der Waals surface area contributed by atoms with Crippen molar-refractivity contribution in [2.45, 2.75) is 12.1 Å². The summed E-state index contributed by atoms with van der Waals surface area (Å²) in [5.74, 6) is -2.10. The largest absolute Gasteiger partial charge is 0.377 e. The smallest absolute Gasteiger partial charge is 0.270 e. The zero-order chi connectivity index (χ0) is 17.8. The summed E-state index contributed by atoms with van der Waals surface area (Å²) in [6.07, 6.45) is 1.89. The normalized spacial score (nSPS) is 19.4. The Kier molecular flexibility index (Phi) is 4.94. The Bertz CT molecular complexity index is 702. The number of hydrogen-bond donors (Lipinski definition) is 2. The van der Waals surface area contributed by atoms with E-state index in [1.807, 2.05) is 0 Å². The predicted molar refractivity (Wildman–Crippen MR) is 81.7 cm³/mol. The van der Waals surface area contributed by atoms with Crippen molar-refractivity contribution in [2.75, 3.05) is 13.2 Å². The highest BCUT2D eigenvalue weighted by molar-refractivity contribution is 5.93. The zero-order valence-electron chi connectivity index (χ0n) is 12.9. The molecule has 1 saturated heterocycles. The molecule has 0 saturated carbocycles. The Labute approximate surface area is 141 Å². The molecule has 2 aromatic heterocycles. The molecule has 3 rings (SSSR count). The molecule has 7 nitrogen and oxygen atoms in total. The van der Waals surface area contributed by atoms with Gasteiger partial charge in [0.05, 0.1) is 37.7 Å². The third-order valence-electron chi connectivity index (χ3n) is 3.63. The van der Waals surface area contributed by atoms with E-state index < -0.39 is 35.5 Å². The van der Waals surface area contributed by atoms with Crippen molar-refractivity contribution < 1.29 is 23.1 Å². The molecule has 0 bridgehead atoms. The molecule has 1 aliphatic rings. The second kappa shape index (κ2) is 7.31. The first-order valence-electron chi connectivity index (χ1n) is 7.45. The van der Waals surface area contributed by atoms with E-state index in [1.165, 1.54) is 12.1 Å². The lowest BCUT2D eigenvalue weighted by molar-refractivity contribution is 0.0891. The van der Waals surface area contributed by atoms with Crippen LogP contribution in [-0.4, -0.2) is 47.1 Å². The summed E-state index contributed by atoms with van der Waals surface area (Å²) in [6, 6.07) is 3.82. The van der Waals surface area contributed by atoms with Crippen LogP contribution in [0.4, 0.5) is 8.78 Å². The lowest BCUT2D eigenvalue weighted by Gasteiger charge is -2.20. The minimum atomic E-state index is -0.544. The number of nitrogens with zero attached hydrogens (tertiary/aromatic N) is 2. The first-order valence-corrected chi connectivity index (χ1v) is 7.45. The van der Waals surface area contributed by atoms with Crippen molar-refractivity contribution in [3.05, 3.63) is 59.7 Å². The molecule has 2 aromatic rings. The van der Waals surface area contributed by atoms with Crippen LogP contribution in [0.15, 0.2) is 36.7 Å². The average Bonchev–Trinajstić information content (AvgIpc) is 3.02. The number of rotatable bonds is 4. The topological polar surface area (TPSA) is 93.2 Å². The molecule has 3 heterocycles. The van der Waals surface area contributed by atoms with Crippen molar-refractivity contribution in [2.24, 2.45) is 0 Å². The van der Waals surface area contributed by atoms with Gasteiger partial charge in [0.25, 0.3) is 11.8 Å². The molecule has 1 fully saturated rings. The third-order valence-corrected chi connectivity index (χ3v) is 3.63. The van der Waals surface area contributed by atoms with Crippen LogP contribution in [0.5, 0.6) is 0 Å². The summed E-state index contributed by atoms with van der Waals surface area (Å²) in [5.41, 5.74) is 0.108. The molecular formula is C16H14F2N4O3. The van der Waals surface area contributed by atoms with E-state index in [-0.39, 0.29) is 24.6 Å². The second-order valence-corrected chi connectivity index (χ2v) is 5.42. The van der Waals surface area contributed by atoms with Crippen LogP contribution in [0.3, 0.4) is 0 Å². The fourth-order valence-corrected chi connectivity index (χ4v) is 2.34. The molecule has 0 radical (unpaired) electrons. The minimum Gasteiger partial charge on any atom is -0.377 e. The van der Waals surface area contributed by atoms with Gasteiger partial charge in [-0.2, -0.15) is 0 Å². The number of ether oxygens (including phenoxy) is 1. The van der Waals surface area contributed by atoms with E-state index in [9.17, 15) is 18.4 Å². The Morgan fingerprint density at radius 3 is 1.68 bits per heavy atom. The molecule has 2 atom stereocenters. The van der Waals surface area contributed by atoms with E-state index in [0.29, 0.717) is 0 Å². The SMILES string of the molecule is O=C(N[C@H]1COC[C@H]1NC(=O)c1ccc(F)cn1)c1ccc(F)cn1. The van der Waals surface area contributed by atoms with E-state index in [1.54, 1.807) is 0 Å². The fraction of sp³-hybridized carbons (Fsp3) is 0.250. The van der Waals surface area contributed by atoms with Gasteiger partial charge >= 0.3 is 0 Å². The van der Waals surface area contributed by atoms with Gasteiger partial charge in [-0.15, -0.1) is 0 Å². The number of nitrogens with one attached hydrogen (secondary N) is 2. The van der Waals surface area contributed by atoms with Crippen molar-refractivity contribution in [3.8, 4) is 0 Å². The van der Waals surface area contributed by atoms with Gasteiger partial charge in [-0.25, -0.2) is 18.7 Å². The molecule has 0 spiro atoms. The summed E-state index contributed by atoms with van der Waals surface area (Å²) < 4.78 is 31.0. The number of carbonyl (C=O) groups excluding carboxylic acids is 2. The highest BCUT2D eigenvalue weighted by atomic mass is 19.1. The van der Waals surface area contributed by atoms with Gasteiger partial charge < -0.3 is 15.4 Å². The summed E-state index contributed by atoms with van der Waals surface area (Å²) in [5, 5.41) is 5.37. The van der Waals surface area contributed by atoms with Gasteiger partial charge in [-0.3, -0.25) is 9.59 Å². The van der Waals surface area contributed by atoms with Crippen molar-refractivity contribution in [1.82, 2.24) is 20.6 Å². The molecule has 2 N–H and O–H groups in total. The second-order valence-electron chi connectivity index (χ2n) is 5.42. The van der Waals surface area contributed by atoms with E-state index >= 15 is 0 Å². The van der Waals surface area contributed by atoms with Gasteiger partial charge in [0, 0.05) is 0 Å². The third kappa shape index (κ3) is 4.13. The van der Waals surface area contributed by atoms with Crippen LogP contribution in [0.25, 0.3) is 0 Å². The molecule has 1 aliphatic heterocycles. The predicted octanol–water partition coefficient (Wildman–Crippen LogP) is 0.682. The molecule has 0 aliphatic carbocycles.